The zero-order valence-electron chi connectivity index (χ0n) is 11.9. The average molecular weight is 259 g/mol. The quantitative estimate of drug-likeness (QED) is 0.882. The monoisotopic (exact) mass is 259 g/mol. The van der Waals surface area contributed by atoms with Crippen LogP contribution in [0, 0.1) is 5.92 Å². The van der Waals surface area contributed by atoms with Crippen molar-refractivity contribution in [2.75, 3.05) is 13.6 Å². The predicted molar refractivity (Wildman–Crippen MR) is 78.2 cm³/mol. The number of nitrogens with zero attached hydrogens (tertiary/aromatic N) is 1. The molecule has 1 saturated heterocycles. The number of aliphatic hydroxyl groups excluding tert-OH is 1. The Kier molecular flexibility index (Phi) is 3.90. The van der Waals surface area contributed by atoms with Crippen LogP contribution < -0.4 is 0 Å². The largest absolute Gasteiger partial charge is 0.392 e. The molecule has 2 nitrogen and oxygen atoms in total. The first-order chi connectivity index (χ1) is 9.24. The van der Waals surface area contributed by atoms with E-state index in [1.807, 2.05) is 0 Å². The van der Waals surface area contributed by atoms with Crippen molar-refractivity contribution in [2.45, 2.75) is 50.7 Å². The van der Waals surface area contributed by atoms with Gasteiger partial charge in [0.15, 0.2) is 0 Å². The van der Waals surface area contributed by atoms with Crippen LogP contribution in [0.3, 0.4) is 0 Å². The van der Waals surface area contributed by atoms with Gasteiger partial charge in [0.2, 0.25) is 0 Å². The van der Waals surface area contributed by atoms with Crippen LogP contribution in [0.25, 0.3) is 0 Å². The molecule has 3 atom stereocenters. The molecule has 1 aromatic carbocycles. The molecule has 0 saturated carbocycles. The summed E-state index contributed by atoms with van der Waals surface area (Å²) in [7, 11) is 2.24. The van der Waals surface area contributed by atoms with Gasteiger partial charge in [-0.05, 0) is 62.7 Å². The highest BCUT2D eigenvalue weighted by atomic mass is 16.3. The first-order valence-corrected chi connectivity index (χ1v) is 7.69. The molecule has 1 fully saturated rings. The number of likely N-dealkylation sites (tertiary alicyclic amines) is 1. The lowest BCUT2D eigenvalue weighted by molar-refractivity contribution is 0.0646. The van der Waals surface area contributed by atoms with Crippen molar-refractivity contribution in [3.8, 4) is 0 Å². The smallest absolute Gasteiger partial charge is 0.0612 e. The molecule has 0 aromatic heterocycles. The number of aliphatic hydroxyl groups is 1. The Labute approximate surface area is 116 Å². The van der Waals surface area contributed by atoms with Gasteiger partial charge in [0.1, 0.15) is 0 Å². The zero-order valence-corrected chi connectivity index (χ0v) is 11.9. The summed E-state index contributed by atoms with van der Waals surface area (Å²) in [6.07, 6.45) is 6.91. The molecule has 2 aliphatic rings. The lowest BCUT2D eigenvalue weighted by atomic mass is 9.77. The summed E-state index contributed by atoms with van der Waals surface area (Å²) < 4.78 is 0. The van der Waals surface area contributed by atoms with Crippen molar-refractivity contribution < 1.29 is 5.11 Å². The minimum absolute atomic E-state index is 0.148. The summed E-state index contributed by atoms with van der Waals surface area (Å²) in [6, 6.07) is 9.29. The van der Waals surface area contributed by atoms with Crippen molar-refractivity contribution >= 4 is 0 Å². The molecule has 0 radical (unpaired) electrons. The molecular weight excluding hydrogens is 234 g/mol. The summed E-state index contributed by atoms with van der Waals surface area (Å²) >= 11 is 0. The maximum absolute atomic E-state index is 10.4. The second-order valence-corrected chi connectivity index (χ2v) is 6.37. The van der Waals surface area contributed by atoms with Gasteiger partial charge >= 0.3 is 0 Å². The van der Waals surface area contributed by atoms with Gasteiger partial charge in [-0.15, -0.1) is 0 Å². The molecule has 0 bridgehead atoms. The van der Waals surface area contributed by atoms with Gasteiger partial charge in [-0.1, -0.05) is 30.7 Å². The van der Waals surface area contributed by atoms with Gasteiger partial charge in [0.05, 0.1) is 6.10 Å². The molecule has 0 amide bonds. The van der Waals surface area contributed by atoms with E-state index in [4.69, 9.17) is 0 Å². The highest BCUT2D eigenvalue weighted by Gasteiger charge is 2.30. The van der Waals surface area contributed by atoms with E-state index in [2.05, 4.69) is 36.2 Å². The summed E-state index contributed by atoms with van der Waals surface area (Å²) in [4.78, 5) is 2.50. The van der Waals surface area contributed by atoms with Crippen LogP contribution >= 0.6 is 0 Å². The fraction of sp³-hybridized carbons (Fsp3) is 0.647. The topological polar surface area (TPSA) is 23.5 Å². The Morgan fingerprint density at radius 2 is 1.89 bits per heavy atom. The van der Waals surface area contributed by atoms with Crippen LogP contribution in [-0.2, 0) is 12.8 Å². The highest BCUT2D eigenvalue weighted by molar-refractivity contribution is 5.30. The van der Waals surface area contributed by atoms with Crippen LogP contribution in [0.4, 0.5) is 0 Å². The Balaban J connectivity index is 1.68. The summed E-state index contributed by atoms with van der Waals surface area (Å²) in [5.74, 6) is 0.445. The maximum Gasteiger partial charge on any atom is 0.0612 e. The molecule has 0 spiro atoms. The molecule has 1 aromatic rings. The Morgan fingerprint density at radius 3 is 2.63 bits per heavy atom. The standard InChI is InChI=1S/C17H25NO/c1-18-9-5-4-8-16(18)11-15-10-13-6-2-3-7-14(13)12-17(15)19/h2-3,6-7,15-17,19H,4-5,8-12H2,1H3. The van der Waals surface area contributed by atoms with Gasteiger partial charge < -0.3 is 10.0 Å². The third-order valence-electron chi connectivity index (χ3n) is 5.07. The molecule has 19 heavy (non-hydrogen) atoms. The molecule has 3 unspecified atom stereocenters. The van der Waals surface area contributed by atoms with Crippen LogP contribution in [0.5, 0.6) is 0 Å². The Morgan fingerprint density at radius 1 is 1.16 bits per heavy atom. The van der Waals surface area contributed by atoms with Gasteiger partial charge in [0, 0.05) is 6.04 Å². The number of rotatable bonds is 2. The average Bonchev–Trinajstić information content (AvgIpc) is 2.42. The molecule has 1 aliphatic heterocycles. The van der Waals surface area contributed by atoms with Crippen molar-refractivity contribution in [3.63, 3.8) is 0 Å². The third kappa shape index (κ3) is 2.85. The van der Waals surface area contributed by atoms with E-state index in [1.165, 1.54) is 36.9 Å². The van der Waals surface area contributed by atoms with E-state index >= 15 is 0 Å². The number of piperidine rings is 1. The predicted octanol–water partition coefficient (Wildman–Crippen LogP) is 2.64. The third-order valence-corrected chi connectivity index (χ3v) is 5.07. The molecule has 1 N–H and O–H groups in total. The van der Waals surface area contributed by atoms with Crippen LogP contribution in [-0.4, -0.2) is 35.7 Å². The van der Waals surface area contributed by atoms with Gasteiger partial charge in [-0.2, -0.15) is 0 Å². The van der Waals surface area contributed by atoms with E-state index in [0.717, 1.165) is 19.3 Å². The first-order valence-electron chi connectivity index (χ1n) is 7.69. The first kappa shape index (κ1) is 13.1. The molecule has 1 heterocycles. The fourth-order valence-electron chi connectivity index (χ4n) is 3.80. The minimum atomic E-state index is -0.148. The number of benzene rings is 1. The van der Waals surface area contributed by atoms with Gasteiger partial charge in [-0.3, -0.25) is 0 Å². The minimum Gasteiger partial charge on any atom is -0.392 e. The fourth-order valence-corrected chi connectivity index (χ4v) is 3.80. The van der Waals surface area contributed by atoms with E-state index in [9.17, 15) is 5.11 Å². The molecule has 104 valence electrons. The van der Waals surface area contributed by atoms with E-state index < -0.39 is 0 Å². The Bertz CT molecular complexity index is 431. The molecular formula is C17H25NO. The van der Waals surface area contributed by atoms with Crippen LogP contribution in [0.15, 0.2) is 24.3 Å². The summed E-state index contributed by atoms with van der Waals surface area (Å²) in [5.41, 5.74) is 2.81. The maximum atomic E-state index is 10.4. The lowest BCUT2D eigenvalue weighted by Crippen LogP contribution is -2.41. The molecule has 3 rings (SSSR count). The zero-order chi connectivity index (χ0) is 13.2. The molecule has 2 heteroatoms. The van der Waals surface area contributed by atoms with E-state index in [0.29, 0.717) is 12.0 Å². The summed E-state index contributed by atoms with van der Waals surface area (Å²) in [5, 5.41) is 10.4. The van der Waals surface area contributed by atoms with Gasteiger partial charge in [0.25, 0.3) is 0 Å². The summed E-state index contributed by atoms with van der Waals surface area (Å²) in [6.45, 7) is 1.23. The van der Waals surface area contributed by atoms with Gasteiger partial charge in [-0.25, -0.2) is 0 Å². The highest BCUT2D eigenvalue weighted by Crippen LogP contribution is 2.31. The van der Waals surface area contributed by atoms with Crippen LogP contribution in [0.1, 0.15) is 36.8 Å². The van der Waals surface area contributed by atoms with Crippen molar-refractivity contribution in [1.82, 2.24) is 4.90 Å². The normalized spacial score (nSPS) is 32.0. The Hall–Kier alpha value is -0.860. The second kappa shape index (κ2) is 5.64. The lowest BCUT2D eigenvalue weighted by Gasteiger charge is -2.38. The number of fused-ring (bicyclic) bond motifs is 1. The van der Waals surface area contributed by atoms with E-state index in [1.54, 1.807) is 0 Å². The van der Waals surface area contributed by atoms with Crippen molar-refractivity contribution in [2.24, 2.45) is 5.92 Å². The second-order valence-electron chi connectivity index (χ2n) is 6.37. The SMILES string of the molecule is CN1CCCCC1CC1Cc2ccccc2CC1O. The van der Waals surface area contributed by atoms with Crippen LogP contribution in [0.2, 0.25) is 0 Å². The number of hydrogen-bond donors (Lipinski definition) is 1. The van der Waals surface area contributed by atoms with E-state index in [-0.39, 0.29) is 6.10 Å². The number of hydrogen-bond acceptors (Lipinski definition) is 2. The molecule has 1 aliphatic carbocycles. The van der Waals surface area contributed by atoms with Crippen molar-refractivity contribution in [1.29, 1.82) is 0 Å². The van der Waals surface area contributed by atoms with Crippen molar-refractivity contribution in [3.05, 3.63) is 35.4 Å².